The summed E-state index contributed by atoms with van der Waals surface area (Å²) >= 11 is 3.55. The summed E-state index contributed by atoms with van der Waals surface area (Å²) in [7, 11) is 0. The first kappa shape index (κ1) is 11.9. The van der Waals surface area contributed by atoms with E-state index >= 15 is 0 Å². The van der Waals surface area contributed by atoms with Crippen LogP contribution in [0.3, 0.4) is 0 Å². The van der Waals surface area contributed by atoms with E-state index in [0.29, 0.717) is 5.56 Å². The maximum Gasteiger partial charge on any atom is 0.0991 e. The Balaban J connectivity index is 2.21. The monoisotopic (exact) mass is 308 g/mol. The first-order valence-electron chi connectivity index (χ1n) is 5.83. The van der Waals surface area contributed by atoms with Crippen molar-refractivity contribution in [1.29, 1.82) is 5.26 Å². The Bertz CT molecular complexity index is 803. The molecule has 3 heteroatoms. The Morgan fingerprint density at radius 2 is 1.89 bits per heavy atom. The Morgan fingerprint density at radius 3 is 2.68 bits per heavy atom. The SMILES string of the molecule is N#Cc1ccc2ncc(-c3ccccc3Br)cc2c1. The van der Waals surface area contributed by atoms with Gasteiger partial charge in [-0.05, 0) is 35.9 Å². The van der Waals surface area contributed by atoms with Gasteiger partial charge in [-0.25, -0.2) is 0 Å². The van der Waals surface area contributed by atoms with Crippen molar-refractivity contribution in [1.82, 2.24) is 4.98 Å². The summed E-state index contributed by atoms with van der Waals surface area (Å²) < 4.78 is 1.03. The fraction of sp³-hybridized carbons (Fsp3) is 0. The molecule has 0 unspecified atom stereocenters. The molecule has 1 heterocycles. The minimum absolute atomic E-state index is 0.651. The van der Waals surface area contributed by atoms with Crippen molar-refractivity contribution < 1.29 is 0 Å². The smallest absolute Gasteiger partial charge is 0.0991 e. The molecule has 0 bridgehead atoms. The van der Waals surface area contributed by atoms with E-state index in [4.69, 9.17) is 5.26 Å². The molecule has 0 radical (unpaired) electrons. The number of hydrogen-bond donors (Lipinski definition) is 0. The lowest BCUT2D eigenvalue weighted by Gasteiger charge is -2.05. The highest BCUT2D eigenvalue weighted by Crippen LogP contribution is 2.29. The van der Waals surface area contributed by atoms with Crippen molar-refractivity contribution in [3.8, 4) is 17.2 Å². The van der Waals surface area contributed by atoms with E-state index in [-0.39, 0.29) is 0 Å². The van der Waals surface area contributed by atoms with Crippen LogP contribution in [0.2, 0.25) is 0 Å². The Labute approximate surface area is 119 Å². The van der Waals surface area contributed by atoms with Gasteiger partial charge >= 0.3 is 0 Å². The van der Waals surface area contributed by atoms with Crippen molar-refractivity contribution >= 4 is 26.8 Å². The fourth-order valence-electron chi connectivity index (χ4n) is 2.04. The van der Waals surface area contributed by atoms with E-state index < -0.39 is 0 Å². The molecule has 0 amide bonds. The molecular weight excluding hydrogens is 300 g/mol. The molecule has 2 aromatic carbocycles. The molecular formula is C16H9BrN2. The number of hydrogen-bond acceptors (Lipinski definition) is 2. The van der Waals surface area contributed by atoms with E-state index in [9.17, 15) is 0 Å². The predicted molar refractivity (Wildman–Crippen MR) is 79.6 cm³/mol. The van der Waals surface area contributed by atoms with Gasteiger partial charge in [0.1, 0.15) is 0 Å². The highest BCUT2D eigenvalue weighted by atomic mass is 79.9. The Kier molecular flexibility index (Phi) is 3.02. The van der Waals surface area contributed by atoms with Crippen molar-refractivity contribution in [3.05, 3.63) is 64.8 Å². The van der Waals surface area contributed by atoms with Crippen molar-refractivity contribution in [2.24, 2.45) is 0 Å². The quantitative estimate of drug-likeness (QED) is 0.662. The number of nitrogens with zero attached hydrogens (tertiary/aromatic N) is 2. The van der Waals surface area contributed by atoms with E-state index in [2.05, 4.69) is 33.0 Å². The minimum atomic E-state index is 0.651. The van der Waals surface area contributed by atoms with Crippen LogP contribution in [0.5, 0.6) is 0 Å². The summed E-state index contributed by atoms with van der Waals surface area (Å²) in [6.45, 7) is 0. The van der Waals surface area contributed by atoms with Crippen molar-refractivity contribution in [2.75, 3.05) is 0 Å². The van der Waals surface area contributed by atoms with E-state index in [0.717, 1.165) is 26.5 Å². The zero-order valence-electron chi connectivity index (χ0n) is 9.97. The molecule has 3 aromatic rings. The molecule has 0 aliphatic rings. The van der Waals surface area contributed by atoms with Crippen LogP contribution in [0.1, 0.15) is 5.56 Å². The fourth-order valence-corrected chi connectivity index (χ4v) is 2.56. The van der Waals surface area contributed by atoms with Gasteiger partial charge in [0, 0.05) is 21.6 Å². The van der Waals surface area contributed by atoms with Crippen LogP contribution in [0.4, 0.5) is 0 Å². The van der Waals surface area contributed by atoms with Gasteiger partial charge < -0.3 is 0 Å². The lowest BCUT2D eigenvalue weighted by molar-refractivity contribution is 1.40. The molecule has 19 heavy (non-hydrogen) atoms. The lowest BCUT2D eigenvalue weighted by Crippen LogP contribution is -1.85. The third-order valence-electron chi connectivity index (χ3n) is 3.00. The average Bonchev–Trinajstić information content (AvgIpc) is 2.46. The van der Waals surface area contributed by atoms with Gasteiger partial charge in [-0.1, -0.05) is 34.1 Å². The maximum atomic E-state index is 8.95. The molecule has 0 spiro atoms. The summed E-state index contributed by atoms with van der Waals surface area (Å²) in [6, 6.07) is 17.8. The predicted octanol–water partition coefficient (Wildman–Crippen LogP) is 4.54. The standard InChI is InChI=1S/C16H9BrN2/c17-15-4-2-1-3-14(15)13-8-12-7-11(9-18)5-6-16(12)19-10-13/h1-8,10H. The summed E-state index contributed by atoms with van der Waals surface area (Å²) in [6.07, 6.45) is 1.86. The molecule has 0 fully saturated rings. The molecule has 2 nitrogen and oxygen atoms in total. The first-order chi connectivity index (χ1) is 9.28. The van der Waals surface area contributed by atoms with E-state index in [1.807, 2.05) is 42.6 Å². The van der Waals surface area contributed by atoms with Gasteiger partial charge in [0.05, 0.1) is 17.1 Å². The summed E-state index contributed by atoms with van der Waals surface area (Å²) in [4.78, 5) is 4.44. The minimum Gasteiger partial charge on any atom is -0.256 e. The summed E-state index contributed by atoms with van der Waals surface area (Å²) in [5.41, 5.74) is 3.68. The normalized spacial score (nSPS) is 10.3. The molecule has 3 rings (SSSR count). The van der Waals surface area contributed by atoms with Crippen molar-refractivity contribution in [2.45, 2.75) is 0 Å². The molecule has 0 aliphatic heterocycles. The number of benzene rings is 2. The van der Waals surface area contributed by atoms with Gasteiger partial charge in [-0.2, -0.15) is 5.26 Å². The molecule has 0 aliphatic carbocycles. The second kappa shape index (κ2) is 4.83. The third-order valence-corrected chi connectivity index (χ3v) is 3.69. The van der Waals surface area contributed by atoms with Crippen molar-refractivity contribution in [3.63, 3.8) is 0 Å². The molecule has 90 valence electrons. The topological polar surface area (TPSA) is 36.7 Å². The maximum absolute atomic E-state index is 8.95. The van der Waals surface area contributed by atoms with E-state index in [1.54, 1.807) is 6.07 Å². The first-order valence-corrected chi connectivity index (χ1v) is 6.62. The molecule has 0 saturated carbocycles. The zero-order valence-corrected chi connectivity index (χ0v) is 11.6. The van der Waals surface area contributed by atoms with Gasteiger partial charge in [-0.3, -0.25) is 4.98 Å². The number of aromatic nitrogens is 1. The Hall–Kier alpha value is -2.18. The summed E-state index contributed by atoms with van der Waals surface area (Å²) in [5, 5.41) is 9.93. The molecule has 1 aromatic heterocycles. The zero-order chi connectivity index (χ0) is 13.2. The van der Waals surface area contributed by atoms with Gasteiger partial charge in [0.25, 0.3) is 0 Å². The van der Waals surface area contributed by atoms with Gasteiger partial charge in [0.2, 0.25) is 0 Å². The van der Waals surface area contributed by atoms with Crippen LogP contribution in [0.25, 0.3) is 22.0 Å². The number of fused-ring (bicyclic) bond motifs is 1. The molecule has 0 atom stereocenters. The number of nitriles is 1. The largest absolute Gasteiger partial charge is 0.256 e. The van der Waals surface area contributed by atoms with Gasteiger partial charge in [0.15, 0.2) is 0 Å². The van der Waals surface area contributed by atoms with Gasteiger partial charge in [-0.15, -0.1) is 0 Å². The van der Waals surface area contributed by atoms with Crippen LogP contribution in [0.15, 0.2) is 59.2 Å². The highest BCUT2D eigenvalue weighted by molar-refractivity contribution is 9.10. The second-order valence-electron chi connectivity index (χ2n) is 4.22. The Morgan fingerprint density at radius 1 is 1.05 bits per heavy atom. The second-order valence-corrected chi connectivity index (χ2v) is 5.08. The van der Waals surface area contributed by atoms with E-state index in [1.165, 1.54) is 0 Å². The third kappa shape index (κ3) is 2.23. The van der Waals surface area contributed by atoms with Crippen LogP contribution >= 0.6 is 15.9 Å². The number of halogens is 1. The summed E-state index contributed by atoms with van der Waals surface area (Å²) in [5.74, 6) is 0. The van der Waals surface area contributed by atoms with Crippen LogP contribution < -0.4 is 0 Å². The highest BCUT2D eigenvalue weighted by Gasteiger charge is 2.04. The van der Waals surface area contributed by atoms with Crippen LogP contribution in [-0.4, -0.2) is 4.98 Å². The number of rotatable bonds is 1. The molecule has 0 saturated heterocycles. The van der Waals surface area contributed by atoms with Crippen LogP contribution in [-0.2, 0) is 0 Å². The average molecular weight is 309 g/mol. The molecule has 0 N–H and O–H groups in total. The number of pyridine rings is 1. The van der Waals surface area contributed by atoms with Crippen LogP contribution in [0, 0.1) is 11.3 Å². The lowest BCUT2D eigenvalue weighted by atomic mass is 10.0.